The summed E-state index contributed by atoms with van der Waals surface area (Å²) in [5.74, 6) is -0.0906. The van der Waals surface area contributed by atoms with Crippen molar-refractivity contribution in [2.75, 3.05) is 6.54 Å². The molecule has 0 aliphatic heterocycles. The first-order valence-corrected chi connectivity index (χ1v) is 10.4. The molecule has 0 saturated heterocycles. The Morgan fingerprint density at radius 3 is 2.65 bits per heavy atom. The van der Waals surface area contributed by atoms with E-state index in [2.05, 4.69) is 31.8 Å². The van der Waals surface area contributed by atoms with Gasteiger partial charge in [0.15, 0.2) is 0 Å². The highest BCUT2D eigenvalue weighted by atomic mass is 79.9. The second kappa shape index (κ2) is 11.1. The van der Waals surface area contributed by atoms with Gasteiger partial charge in [-0.1, -0.05) is 57.9 Å². The summed E-state index contributed by atoms with van der Waals surface area (Å²) in [6.07, 6.45) is 1.51. The summed E-state index contributed by atoms with van der Waals surface area (Å²) in [6.45, 7) is 2.13. The number of halogens is 1. The van der Waals surface area contributed by atoms with Crippen molar-refractivity contribution >= 4 is 34.0 Å². The average molecular weight is 480 g/mol. The number of carbonyl (C=O) groups is 2. The summed E-state index contributed by atoms with van der Waals surface area (Å²) >= 11 is 3.45. The summed E-state index contributed by atoms with van der Waals surface area (Å²) in [7, 11) is 0. The molecule has 0 heterocycles. The van der Waals surface area contributed by atoms with E-state index >= 15 is 0 Å². The normalized spacial score (nSPS) is 10.6. The van der Waals surface area contributed by atoms with Crippen LogP contribution in [-0.2, 0) is 11.4 Å². The maximum atomic E-state index is 12.1. The molecule has 3 aromatic carbocycles. The number of ether oxygens (including phenoxy) is 1. The van der Waals surface area contributed by atoms with Crippen molar-refractivity contribution in [3.05, 3.63) is 99.5 Å². The SMILES string of the molecule is Cc1cccc(C(=O)NCC(=O)NN=Cc2ccccc2OCc2cccc(Br)c2)c1. The molecule has 7 heteroatoms. The molecule has 0 bridgehead atoms. The van der Waals surface area contributed by atoms with Gasteiger partial charge >= 0.3 is 0 Å². The Kier molecular flexibility index (Phi) is 7.95. The molecule has 0 aromatic heterocycles. The number of nitrogens with one attached hydrogen (secondary N) is 2. The minimum absolute atomic E-state index is 0.175. The van der Waals surface area contributed by atoms with E-state index in [4.69, 9.17) is 4.74 Å². The summed E-state index contributed by atoms with van der Waals surface area (Å²) in [4.78, 5) is 24.1. The highest BCUT2D eigenvalue weighted by molar-refractivity contribution is 9.10. The summed E-state index contributed by atoms with van der Waals surface area (Å²) < 4.78 is 6.88. The minimum atomic E-state index is -0.426. The largest absolute Gasteiger partial charge is 0.488 e. The van der Waals surface area contributed by atoms with E-state index in [1.807, 2.05) is 61.5 Å². The van der Waals surface area contributed by atoms with Crippen LogP contribution in [0.1, 0.15) is 27.0 Å². The monoisotopic (exact) mass is 479 g/mol. The van der Waals surface area contributed by atoms with Gasteiger partial charge in [0.2, 0.25) is 0 Å². The van der Waals surface area contributed by atoms with Crippen LogP contribution in [0.5, 0.6) is 5.75 Å². The van der Waals surface area contributed by atoms with Crippen LogP contribution in [0.4, 0.5) is 0 Å². The summed E-state index contributed by atoms with van der Waals surface area (Å²) in [6, 6.07) is 22.4. The molecule has 0 atom stereocenters. The number of aryl methyl sites for hydroxylation is 1. The Labute approximate surface area is 189 Å². The maximum absolute atomic E-state index is 12.1. The van der Waals surface area contributed by atoms with Crippen LogP contribution in [0.3, 0.4) is 0 Å². The van der Waals surface area contributed by atoms with Crippen LogP contribution in [-0.4, -0.2) is 24.6 Å². The van der Waals surface area contributed by atoms with E-state index < -0.39 is 5.91 Å². The Bertz CT molecular complexity index is 1100. The van der Waals surface area contributed by atoms with Gasteiger partial charge < -0.3 is 10.1 Å². The van der Waals surface area contributed by atoms with Gasteiger partial charge in [-0.05, 0) is 48.9 Å². The van der Waals surface area contributed by atoms with Crippen molar-refractivity contribution in [1.82, 2.24) is 10.7 Å². The predicted octanol–water partition coefficient (Wildman–Crippen LogP) is 4.22. The fraction of sp³-hybridized carbons (Fsp3) is 0.125. The molecule has 3 aromatic rings. The standard InChI is InChI=1S/C24H22BrN3O3/c1-17-6-4-9-19(12-17)24(30)26-15-23(29)28-27-14-20-8-2-3-11-22(20)31-16-18-7-5-10-21(25)13-18/h2-14H,15-16H2,1H3,(H,26,30)(H,28,29). The van der Waals surface area contributed by atoms with E-state index in [1.54, 1.807) is 18.2 Å². The van der Waals surface area contributed by atoms with Gasteiger partial charge in [0.25, 0.3) is 11.8 Å². The van der Waals surface area contributed by atoms with Crippen LogP contribution < -0.4 is 15.5 Å². The predicted molar refractivity (Wildman–Crippen MR) is 124 cm³/mol. The summed E-state index contributed by atoms with van der Waals surface area (Å²) in [5, 5.41) is 6.55. The number of rotatable bonds is 8. The molecule has 2 amide bonds. The lowest BCUT2D eigenvalue weighted by Crippen LogP contribution is -2.34. The second-order valence-corrected chi connectivity index (χ2v) is 7.72. The molecule has 0 spiro atoms. The molecule has 0 saturated carbocycles. The molecular formula is C24H22BrN3O3. The molecule has 31 heavy (non-hydrogen) atoms. The van der Waals surface area contributed by atoms with Crippen LogP contribution >= 0.6 is 15.9 Å². The third-order valence-corrected chi connectivity index (χ3v) is 4.78. The van der Waals surface area contributed by atoms with Crippen molar-refractivity contribution < 1.29 is 14.3 Å². The first-order chi connectivity index (χ1) is 15.0. The number of hydrazone groups is 1. The lowest BCUT2D eigenvalue weighted by molar-refractivity contribution is -0.120. The number of benzene rings is 3. The van der Waals surface area contributed by atoms with Gasteiger partial charge in [-0.15, -0.1) is 0 Å². The van der Waals surface area contributed by atoms with E-state index in [9.17, 15) is 9.59 Å². The van der Waals surface area contributed by atoms with E-state index in [0.29, 0.717) is 17.9 Å². The van der Waals surface area contributed by atoms with Gasteiger partial charge in [0, 0.05) is 15.6 Å². The molecule has 0 radical (unpaired) electrons. The lowest BCUT2D eigenvalue weighted by atomic mass is 10.1. The van der Waals surface area contributed by atoms with Crippen molar-refractivity contribution in [2.24, 2.45) is 5.10 Å². The minimum Gasteiger partial charge on any atom is -0.488 e. The molecule has 158 valence electrons. The average Bonchev–Trinajstić information content (AvgIpc) is 2.77. The van der Waals surface area contributed by atoms with E-state index in [1.165, 1.54) is 6.21 Å². The molecule has 3 rings (SSSR count). The van der Waals surface area contributed by atoms with Crippen molar-refractivity contribution in [3.63, 3.8) is 0 Å². The first kappa shape index (κ1) is 22.2. The van der Waals surface area contributed by atoms with E-state index in [-0.39, 0.29) is 12.5 Å². The number of carbonyl (C=O) groups excluding carboxylic acids is 2. The molecule has 0 aliphatic rings. The number of hydrogen-bond acceptors (Lipinski definition) is 4. The first-order valence-electron chi connectivity index (χ1n) is 9.64. The van der Waals surface area contributed by atoms with Crippen molar-refractivity contribution in [1.29, 1.82) is 0 Å². The Balaban J connectivity index is 1.51. The highest BCUT2D eigenvalue weighted by Gasteiger charge is 2.08. The molecular weight excluding hydrogens is 458 g/mol. The number of nitrogens with zero attached hydrogens (tertiary/aromatic N) is 1. The van der Waals surface area contributed by atoms with Crippen molar-refractivity contribution in [2.45, 2.75) is 13.5 Å². The highest BCUT2D eigenvalue weighted by Crippen LogP contribution is 2.19. The number of hydrogen-bond donors (Lipinski definition) is 2. The fourth-order valence-electron chi connectivity index (χ4n) is 2.77. The number of para-hydroxylation sites is 1. The molecule has 0 aliphatic carbocycles. The third-order valence-electron chi connectivity index (χ3n) is 4.29. The molecule has 6 nitrogen and oxygen atoms in total. The van der Waals surface area contributed by atoms with Gasteiger partial charge in [0.1, 0.15) is 12.4 Å². The van der Waals surface area contributed by atoms with Crippen LogP contribution in [0.2, 0.25) is 0 Å². The fourth-order valence-corrected chi connectivity index (χ4v) is 3.22. The van der Waals surface area contributed by atoms with Gasteiger partial charge in [-0.3, -0.25) is 9.59 Å². The summed E-state index contributed by atoms with van der Waals surface area (Å²) in [5.41, 5.74) is 5.64. The van der Waals surface area contributed by atoms with Gasteiger partial charge in [0.05, 0.1) is 12.8 Å². The quantitative estimate of drug-likeness (QED) is 0.375. The Morgan fingerprint density at radius 2 is 1.84 bits per heavy atom. The maximum Gasteiger partial charge on any atom is 0.259 e. The third kappa shape index (κ3) is 7.08. The molecule has 0 unspecified atom stereocenters. The topological polar surface area (TPSA) is 79.8 Å². The van der Waals surface area contributed by atoms with Crippen LogP contribution in [0, 0.1) is 6.92 Å². The zero-order valence-corrected chi connectivity index (χ0v) is 18.6. The van der Waals surface area contributed by atoms with Crippen LogP contribution in [0.15, 0.2) is 82.4 Å². The van der Waals surface area contributed by atoms with Gasteiger partial charge in [-0.25, -0.2) is 5.43 Å². The zero-order valence-electron chi connectivity index (χ0n) is 17.0. The van der Waals surface area contributed by atoms with E-state index in [0.717, 1.165) is 21.2 Å². The second-order valence-electron chi connectivity index (χ2n) is 6.80. The smallest absolute Gasteiger partial charge is 0.259 e. The van der Waals surface area contributed by atoms with Crippen LogP contribution in [0.25, 0.3) is 0 Å². The Morgan fingerprint density at radius 1 is 1.03 bits per heavy atom. The Hall–Kier alpha value is -3.45. The number of amides is 2. The molecule has 0 fully saturated rings. The van der Waals surface area contributed by atoms with Gasteiger partial charge in [-0.2, -0.15) is 5.10 Å². The van der Waals surface area contributed by atoms with Crippen molar-refractivity contribution in [3.8, 4) is 5.75 Å². The lowest BCUT2D eigenvalue weighted by Gasteiger charge is -2.09. The zero-order chi connectivity index (χ0) is 22.1. The molecule has 2 N–H and O–H groups in total.